The van der Waals surface area contributed by atoms with Crippen molar-refractivity contribution >= 4 is 37.4 Å². The van der Waals surface area contributed by atoms with E-state index in [2.05, 4.69) is 21.2 Å². The Kier molecular flexibility index (Phi) is 4.97. The van der Waals surface area contributed by atoms with Gasteiger partial charge in [0.2, 0.25) is 5.91 Å². The average Bonchev–Trinajstić information content (AvgIpc) is 2.42. The Morgan fingerprint density at radius 2 is 1.82 bits per heavy atom. The monoisotopic (exact) mass is 385 g/mol. The third-order valence-electron chi connectivity index (χ3n) is 2.92. The second kappa shape index (κ2) is 6.58. The lowest BCUT2D eigenvalue weighted by Gasteiger charge is -2.06. The third kappa shape index (κ3) is 4.38. The van der Waals surface area contributed by atoms with Crippen LogP contribution in [0.3, 0.4) is 0 Å². The van der Waals surface area contributed by atoms with E-state index in [-0.39, 0.29) is 17.2 Å². The zero-order chi connectivity index (χ0) is 16.3. The second-order valence-electron chi connectivity index (χ2n) is 4.77. The van der Waals surface area contributed by atoms with Crippen molar-refractivity contribution in [1.82, 2.24) is 0 Å². The molecule has 0 radical (unpaired) electrons. The van der Waals surface area contributed by atoms with E-state index < -0.39 is 15.7 Å². The van der Waals surface area contributed by atoms with E-state index in [1.807, 2.05) is 0 Å². The molecular formula is C15H13BrFNO3S. The van der Waals surface area contributed by atoms with Crippen LogP contribution in [0.15, 0.2) is 51.8 Å². The van der Waals surface area contributed by atoms with Gasteiger partial charge < -0.3 is 5.32 Å². The number of carbonyl (C=O) groups is 1. The molecule has 4 nitrogen and oxygen atoms in total. The van der Waals surface area contributed by atoms with Crippen LogP contribution in [-0.4, -0.2) is 20.6 Å². The molecule has 0 unspecified atom stereocenters. The van der Waals surface area contributed by atoms with E-state index in [9.17, 15) is 17.6 Å². The van der Waals surface area contributed by atoms with Crippen molar-refractivity contribution in [3.8, 4) is 0 Å². The SMILES string of the molecule is CS(=O)(=O)c1ccc(CC(=O)Nc2ccc(Br)c(F)c2)cc1. The van der Waals surface area contributed by atoms with Crippen LogP contribution in [0.5, 0.6) is 0 Å². The smallest absolute Gasteiger partial charge is 0.228 e. The molecule has 0 aliphatic carbocycles. The highest BCUT2D eigenvalue weighted by Crippen LogP contribution is 2.19. The molecule has 0 fully saturated rings. The van der Waals surface area contributed by atoms with Gasteiger partial charge in [0.25, 0.3) is 0 Å². The molecule has 0 bridgehead atoms. The van der Waals surface area contributed by atoms with Crippen molar-refractivity contribution in [2.24, 2.45) is 0 Å². The standard InChI is InChI=1S/C15H13BrFNO3S/c1-22(20,21)12-5-2-10(3-6-12)8-15(19)18-11-4-7-13(16)14(17)9-11/h2-7,9H,8H2,1H3,(H,18,19). The number of halogens is 2. The first kappa shape index (κ1) is 16.6. The summed E-state index contributed by atoms with van der Waals surface area (Å²) in [5.74, 6) is -0.774. The molecule has 7 heteroatoms. The average molecular weight is 386 g/mol. The molecule has 1 amide bonds. The Balaban J connectivity index is 2.04. The first-order valence-corrected chi connectivity index (χ1v) is 8.98. The summed E-state index contributed by atoms with van der Waals surface area (Å²) in [7, 11) is -3.25. The summed E-state index contributed by atoms with van der Waals surface area (Å²) in [6.45, 7) is 0. The van der Waals surface area contributed by atoms with Gasteiger partial charge in [-0.05, 0) is 51.8 Å². The predicted molar refractivity (Wildman–Crippen MR) is 86.0 cm³/mol. The summed E-state index contributed by atoms with van der Waals surface area (Å²) >= 11 is 3.04. The lowest BCUT2D eigenvalue weighted by Crippen LogP contribution is -2.14. The highest BCUT2D eigenvalue weighted by Gasteiger charge is 2.09. The van der Waals surface area contributed by atoms with Crippen LogP contribution in [0, 0.1) is 5.82 Å². The fourth-order valence-electron chi connectivity index (χ4n) is 1.82. The molecule has 0 spiro atoms. The summed E-state index contributed by atoms with van der Waals surface area (Å²) in [4.78, 5) is 12.1. The Bertz CT molecular complexity index is 804. The molecule has 2 aromatic carbocycles. The molecule has 1 N–H and O–H groups in total. The van der Waals surface area contributed by atoms with Crippen molar-refractivity contribution in [3.63, 3.8) is 0 Å². The maximum Gasteiger partial charge on any atom is 0.228 e. The van der Waals surface area contributed by atoms with Gasteiger partial charge in [-0.25, -0.2) is 12.8 Å². The zero-order valence-electron chi connectivity index (χ0n) is 11.6. The van der Waals surface area contributed by atoms with Gasteiger partial charge in [0.15, 0.2) is 9.84 Å². The molecule has 0 aliphatic heterocycles. The lowest BCUT2D eigenvalue weighted by molar-refractivity contribution is -0.115. The number of amides is 1. The lowest BCUT2D eigenvalue weighted by atomic mass is 10.1. The first-order valence-electron chi connectivity index (χ1n) is 6.29. The van der Waals surface area contributed by atoms with E-state index in [0.717, 1.165) is 6.26 Å². The minimum Gasteiger partial charge on any atom is -0.326 e. The van der Waals surface area contributed by atoms with Gasteiger partial charge >= 0.3 is 0 Å². The number of benzene rings is 2. The van der Waals surface area contributed by atoms with Gasteiger partial charge in [-0.3, -0.25) is 4.79 Å². The predicted octanol–water partition coefficient (Wildman–Crippen LogP) is 3.17. The molecule has 2 rings (SSSR count). The summed E-state index contributed by atoms with van der Waals surface area (Å²) in [6, 6.07) is 10.4. The molecular weight excluding hydrogens is 373 g/mol. The number of hydrogen-bond acceptors (Lipinski definition) is 3. The van der Waals surface area contributed by atoms with Crippen LogP contribution in [-0.2, 0) is 21.1 Å². The van der Waals surface area contributed by atoms with E-state index in [1.54, 1.807) is 18.2 Å². The number of rotatable bonds is 4. The Labute approximate surface area is 136 Å². The van der Waals surface area contributed by atoms with Crippen molar-refractivity contribution in [2.45, 2.75) is 11.3 Å². The molecule has 0 saturated heterocycles. The van der Waals surface area contributed by atoms with Gasteiger partial charge in [-0.2, -0.15) is 0 Å². The van der Waals surface area contributed by atoms with Crippen molar-refractivity contribution in [1.29, 1.82) is 0 Å². The number of nitrogens with one attached hydrogen (secondary N) is 1. The summed E-state index contributed by atoms with van der Waals surface area (Å²) in [5.41, 5.74) is 1.03. The van der Waals surface area contributed by atoms with Crippen LogP contribution in [0.1, 0.15) is 5.56 Å². The molecule has 0 saturated carbocycles. The fourth-order valence-corrected chi connectivity index (χ4v) is 2.70. The van der Waals surface area contributed by atoms with Crippen LogP contribution in [0.2, 0.25) is 0 Å². The van der Waals surface area contributed by atoms with Crippen LogP contribution in [0.25, 0.3) is 0 Å². The largest absolute Gasteiger partial charge is 0.326 e. The fraction of sp³-hybridized carbons (Fsp3) is 0.133. The zero-order valence-corrected chi connectivity index (χ0v) is 14.0. The maximum atomic E-state index is 13.4. The van der Waals surface area contributed by atoms with Gasteiger partial charge in [0, 0.05) is 11.9 Å². The van der Waals surface area contributed by atoms with Gasteiger partial charge in [-0.15, -0.1) is 0 Å². The maximum absolute atomic E-state index is 13.4. The van der Waals surface area contributed by atoms with Gasteiger partial charge in [0.1, 0.15) is 5.82 Å². The van der Waals surface area contributed by atoms with Gasteiger partial charge in [-0.1, -0.05) is 12.1 Å². The summed E-state index contributed by atoms with van der Waals surface area (Å²) in [6.07, 6.45) is 1.19. The van der Waals surface area contributed by atoms with Gasteiger partial charge in [0.05, 0.1) is 15.8 Å². The van der Waals surface area contributed by atoms with Crippen molar-refractivity contribution < 1.29 is 17.6 Å². The Morgan fingerprint density at radius 3 is 2.36 bits per heavy atom. The van der Waals surface area contributed by atoms with Crippen LogP contribution >= 0.6 is 15.9 Å². The van der Waals surface area contributed by atoms with Crippen molar-refractivity contribution in [3.05, 3.63) is 58.3 Å². The number of carbonyl (C=O) groups excluding carboxylic acids is 1. The normalized spacial score (nSPS) is 11.2. The Morgan fingerprint density at radius 1 is 1.18 bits per heavy atom. The van der Waals surface area contributed by atoms with Crippen LogP contribution < -0.4 is 5.32 Å². The molecule has 0 aliphatic rings. The first-order chi connectivity index (χ1) is 10.3. The number of hydrogen-bond donors (Lipinski definition) is 1. The Hall–Kier alpha value is -1.73. The number of sulfone groups is 1. The van der Waals surface area contributed by atoms with E-state index in [4.69, 9.17) is 0 Å². The minimum absolute atomic E-state index is 0.0712. The topological polar surface area (TPSA) is 63.2 Å². The third-order valence-corrected chi connectivity index (χ3v) is 4.69. The highest BCUT2D eigenvalue weighted by atomic mass is 79.9. The molecule has 0 heterocycles. The molecule has 0 aromatic heterocycles. The van der Waals surface area contributed by atoms with Crippen LogP contribution in [0.4, 0.5) is 10.1 Å². The quantitative estimate of drug-likeness (QED) is 0.878. The molecule has 2 aromatic rings. The molecule has 116 valence electrons. The van der Waals surface area contributed by atoms with Crippen molar-refractivity contribution in [2.75, 3.05) is 11.6 Å². The minimum atomic E-state index is -3.25. The summed E-state index contributed by atoms with van der Waals surface area (Å²) < 4.78 is 36.4. The molecule has 22 heavy (non-hydrogen) atoms. The summed E-state index contributed by atoms with van der Waals surface area (Å²) in [5, 5.41) is 2.59. The van der Waals surface area contributed by atoms with E-state index in [0.29, 0.717) is 15.7 Å². The second-order valence-corrected chi connectivity index (χ2v) is 7.64. The highest BCUT2D eigenvalue weighted by molar-refractivity contribution is 9.10. The molecule has 0 atom stereocenters. The van der Waals surface area contributed by atoms with E-state index >= 15 is 0 Å². The van der Waals surface area contributed by atoms with E-state index in [1.165, 1.54) is 24.3 Å². The number of anilines is 1.